The lowest BCUT2D eigenvalue weighted by Gasteiger charge is -2.68. The highest BCUT2D eigenvalue weighted by molar-refractivity contribution is 5.42. The monoisotopic (exact) mass is 286 g/mol. The Morgan fingerprint density at radius 1 is 1.00 bits per heavy atom. The summed E-state index contributed by atoms with van der Waals surface area (Å²) in [5.74, 6) is 1.02. The predicted molar refractivity (Wildman–Crippen MR) is 83.4 cm³/mol. The molecule has 0 amide bonds. The molecule has 2 heterocycles. The highest BCUT2D eigenvalue weighted by Gasteiger charge is 2.68. The van der Waals surface area contributed by atoms with Gasteiger partial charge < -0.3 is 9.47 Å². The average molecular weight is 286 g/mol. The normalized spacial score (nSPS) is 46.4. The van der Waals surface area contributed by atoms with E-state index in [2.05, 4.69) is 58.9 Å². The fraction of sp³-hybridized carbons (Fsp3) is 0.684. The van der Waals surface area contributed by atoms with E-state index in [4.69, 9.17) is 9.47 Å². The standard InChI is InChI=1S/C19H26O2/c1-16(2)17(3)10-11-19(5)18(4,12-17)15(21-16)13-8-6-7-9-14(13)20-19/h6-9,15H,10-12H2,1-5H3/t15-,17-,18+,19-/m1/s1. The van der Waals surface area contributed by atoms with E-state index >= 15 is 0 Å². The van der Waals surface area contributed by atoms with Gasteiger partial charge in [0.25, 0.3) is 0 Å². The molecule has 2 aliphatic heterocycles. The van der Waals surface area contributed by atoms with Crippen LogP contribution in [0.15, 0.2) is 24.3 Å². The van der Waals surface area contributed by atoms with Gasteiger partial charge in [0.05, 0.1) is 11.7 Å². The van der Waals surface area contributed by atoms with Crippen LogP contribution in [0, 0.1) is 10.8 Å². The molecule has 0 unspecified atom stereocenters. The van der Waals surface area contributed by atoms with E-state index in [1.165, 1.54) is 18.4 Å². The van der Waals surface area contributed by atoms with Crippen LogP contribution >= 0.6 is 0 Å². The summed E-state index contributed by atoms with van der Waals surface area (Å²) < 4.78 is 13.2. The van der Waals surface area contributed by atoms with Crippen molar-refractivity contribution in [2.75, 3.05) is 0 Å². The van der Waals surface area contributed by atoms with Gasteiger partial charge in [-0.3, -0.25) is 0 Å². The van der Waals surface area contributed by atoms with Gasteiger partial charge in [-0.1, -0.05) is 32.0 Å². The molecule has 2 heteroatoms. The van der Waals surface area contributed by atoms with E-state index in [0.717, 1.165) is 12.2 Å². The maximum Gasteiger partial charge on any atom is 0.125 e. The Bertz CT molecular complexity index is 607. The second-order valence-corrected chi connectivity index (χ2v) is 8.53. The third-order valence-corrected chi connectivity index (χ3v) is 7.10. The fourth-order valence-electron chi connectivity index (χ4n) is 4.94. The van der Waals surface area contributed by atoms with E-state index in [9.17, 15) is 0 Å². The van der Waals surface area contributed by atoms with Crippen LogP contribution < -0.4 is 4.74 Å². The van der Waals surface area contributed by atoms with Crippen molar-refractivity contribution in [2.45, 2.75) is 71.2 Å². The van der Waals surface area contributed by atoms with Crippen molar-refractivity contribution >= 4 is 0 Å². The first-order chi connectivity index (χ1) is 9.71. The molecule has 0 N–H and O–H groups in total. The molecular weight excluding hydrogens is 260 g/mol. The van der Waals surface area contributed by atoms with Gasteiger partial charge in [0.1, 0.15) is 11.4 Å². The molecule has 0 spiro atoms. The Kier molecular flexibility index (Phi) is 2.37. The first kappa shape index (κ1) is 13.6. The molecule has 1 saturated carbocycles. The van der Waals surface area contributed by atoms with Crippen LogP contribution in [0.1, 0.15) is 65.5 Å². The summed E-state index contributed by atoms with van der Waals surface area (Å²) in [6.45, 7) is 11.6. The van der Waals surface area contributed by atoms with E-state index < -0.39 is 0 Å². The van der Waals surface area contributed by atoms with Gasteiger partial charge in [-0.2, -0.15) is 0 Å². The Morgan fingerprint density at radius 3 is 2.48 bits per heavy atom. The fourth-order valence-corrected chi connectivity index (χ4v) is 4.94. The van der Waals surface area contributed by atoms with Gasteiger partial charge in [-0.25, -0.2) is 0 Å². The smallest absolute Gasteiger partial charge is 0.125 e. The topological polar surface area (TPSA) is 18.5 Å². The summed E-state index contributed by atoms with van der Waals surface area (Å²) >= 11 is 0. The Balaban J connectivity index is 1.94. The molecule has 114 valence electrons. The molecule has 2 bridgehead atoms. The van der Waals surface area contributed by atoms with Crippen molar-refractivity contribution < 1.29 is 9.47 Å². The molecule has 1 saturated heterocycles. The molecule has 0 aromatic heterocycles. The second kappa shape index (κ2) is 3.65. The SMILES string of the molecule is CC1(C)O[C@@H]2c3ccccc3O[C@]3(C)CC[C@]1(C)C[C@@]23C. The average Bonchev–Trinajstić information content (AvgIpc) is 2.40. The Labute approximate surface area is 127 Å². The van der Waals surface area contributed by atoms with Crippen molar-refractivity contribution in [1.82, 2.24) is 0 Å². The van der Waals surface area contributed by atoms with E-state index in [0.29, 0.717) is 0 Å². The minimum atomic E-state index is -0.123. The first-order valence-corrected chi connectivity index (χ1v) is 8.17. The zero-order valence-electron chi connectivity index (χ0n) is 13.8. The van der Waals surface area contributed by atoms with Gasteiger partial charge in [0.15, 0.2) is 0 Å². The summed E-state index contributed by atoms with van der Waals surface area (Å²) in [6, 6.07) is 8.43. The lowest BCUT2D eigenvalue weighted by molar-refractivity contribution is -0.307. The van der Waals surface area contributed by atoms with Crippen LogP contribution in [-0.2, 0) is 4.74 Å². The number of hydrogen-bond donors (Lipinski definition) is 0. The van der Waals surface area contributed by atoms with Crippen LogP contribution in [0.4, 0.5) is 0 Å². The summed E-state index contributed by atoms with van der Waals surface area (Å²) in [5.41, 5.74) is 1.29. The van der Waals surface area contributed by atoms with Crippen LogP contribution in [0.5, 0.6) is 5.75 Å². The number of rotatable bonds is 0. The third-order valence-electron chi connectivity index (χ3n) is 7.10. The van der Waals surface area contributed by atoms with E-state index in [-0.39, 0.29) is 28.1 Å². The molecule has 1 aliphatic carbocycles. The van der Waals surface area contributed by atoms with Crippen molar-refractivity contribution in [2.24, 2.45) is 10.8 Å². The highest BCUT2D eigenvalue weighted by Crippen LogP contribution is 2.69. The number of ether oxygens (including phenoxy) is 2. The second-order valence-electron chi connectivity index (χ2n) is 8.53. The van der Waals surface area contributed by atoms with Gasteiger partial charge in [-0.15, -0.1) is 0 Å². The Morgan fingerprint density at radius 2 is 1.71 bits per heavy atom. The zero-order chi connectivity index (χ0) is 15.1. The number of para-hydroxylation sites is 1. The van der Waals surface area contributed by atoms with Crippen molar-refractivity contribution in [3.05, 3.63) is 29.8 Å². The molecule has 21 heavy (non-hydrogen) atoms. The van der Waals surface area contributed by atoms with E-state index in [1.807, 2.05) is 0 Å². The van der Waals surface area contributed by atoms with Crippen molar-refractivity contribution in [3.8, 4) is 5.75 Å². The number of fused-ring (bicyclic) bond motifs is 3. The molecule has 4 rings (SSSR count). The largest absolute Gasteiger partial charge is 0.487 e. The number of benzene rings is 1. The molecule has 4 atom stereocenters. The van der Waals surface area contributed by atoms with Crippen LogP contribution in [0.3, 0.4) is 0 Å². The lowest BCUT2D eigenvalue weighted by atomic mass is 9.48. The number of hydrogen-bond acceptors (Lipinski definition) is 2. The van der Waals surface area contributed by atoms with Crippen molar-refractivity contribution in [1.29, 1.82) is 0 Å². The van der Waals surface area contributed by atoms with Crippen molar-refractivity contribution in [3.63, 3.8) is 0 Å². The molecule has 2 fully saturated rings. The molecule has 1 aromatic rings. The van der Waals surface area contributed by atoms with Gasteiger partial charge in [-0.05, 0) is 51.5 Å². The van der Waals surface area contributed by atoms with Gasteiger partial charge in [0, 0.05) is 11.0 Å². The van der Waals surface area contributed by atoms with Crippen LogP contribution in [-0.4, -0.2) is 11.2 Å². The molecule has 2 nitrogen and oxygen atoms in total. The lowest BCUT2D eigenvalue weighted by Crippen LogP contribution is -2.67. The minimum Gasteiger partial charge on any atom is -0.487 e. The minimum absolute atomic E-state index is 0.0455. The third kappa shape index (κ3) is 1.47. The molecular formula is C19H26O2. The maximum atomic E-state index is 6.73. The Hall–Kier alpha value is -1.02. The van der Waals surface area contributed by atoms with Crippen LogP contribution in [0.2, 0.25) is 0 Å². The van der Waals surface area contributed by atoms with Gasteiger partial charge in [0.2, 0.25) is 0 Å². The molecule has 1 aromatic carbocycles. The summed E-state index contributed by atoms with van der Waals surface area (Å²) in [4.78, 5) is 0. The van der Waals surface area contributed by atoms with E-state index in [1.54, 1.807) is 0 Å². The zero-order valence-corrected chi connectivity index (χ0v) is 13.8. The first-order valence-electron chi connectivity index (χ1n) is 8.17. The molecule has 0 radical (unpaired) electrons. The predicted octanol–water partition coefficient (Wildman–Crippen LogP) is 4.88. The summed E-state index contributed by atoms with van der Waals surface area (Å²) in [7, 11) is 0. The highest BCUT2D eigenvalue weighted by atomic mass is 16.5. The molecule has 3 aliphatic rings. The van der Waals surface area contributed by atoms with Crippen LogP contribution in [0.25, 0.3) is 0 Å². The summed E-state index contributed by atoms with van der Waals surface area (Å²) in [6.07, 6.45) is 3.58. The summed E-state index contributed by atoms with van der Waals surface area (Å²) in [5, 5.41) is 0. The van der Waals surface area contributed by atoms with Gasteiger partial charge >= 0.3 is 0 Å². The quantitative estimate of drug-likeness (QED) is 0.676. The maximum absolute atomic E-state index is 6.73.